The molecule has 23 heavy (non-hydrogen) atoms. The summed E-state index contributed by atoms with van der Waals surface area (Å²) < 4.78 is 7.44. The quantitative estimate of drug-likeness (QED) is 0.851. The largest absolute Gasteiger partial charge is 0.394 e. The van der Waals surface area contributed by atoms with Gasteiger partial charge in [-0.2, -0.15) is 0 Å². The average Bonchev–Trinajstić information content (AvgIpc) is 2.57. The van der Waals surface area contributed by atoms with Gasteiger partial charge in [0.1, 0.15) is 0 Å². The van der Waals surface area contributed by atoms with E-state index in [0.717, 1.165) is 37.3 Å². The Labute approximate surface area is 136 Å². The third-order valence-corrected chi connectivity index (χ3v) is 4.38. The van der Waals surface area contributed by atoms with Crippen molar-refractivity contribution < 1.29 is 4.74 Å². The number of hydrogen-bond acceptors (Lipinski definition) is 4. The number of rotatable bonds is 5. The smallest absolute Gasteiger partial charge is 0.273 e. The van der Waals surface area contributed by atoms with Gasteiger partial charge in [-0.05, 0) is 17.2 Å². The van der Waals surface area contributed by atoms with Crippen molar-refractivity contribution in [2.24, 2.45) is 7.05 Å². The molecule has 122 valence electrons. The van der Waals surface area contributed by atoms with Crippen molar-refractivity contribution in [3.05, 3.63) is 63.6 Å². The van der Waals surface area contributed by atoms with Crippen molar-refractivity contribution in [1.82, 2.24) is 9.47 Å². The fourth-order valence-corrected chi connectivity index (χ4v) is 3.06. The third-order valence-electron chi connectivity index (χ3n) is 4.38. The lowest BCUT2D eigenvalue weighted by molar-refractivity contribution is 0.0881. The van der Waals surface area contributed by atoms with E-state index in [-0.39, 0.29) is 5.56 Å². The van der Waals surface area contributed by atoms with E-state index >= 15 is 0 Å². The molecule has 0 unspecified atom stereocenters. The second-order valence-electron chi connectivity index (χ2n) is 6.00. The number of fused-ring (bicyclic) bond motifs is 1. The molecule has 0 bridgehead atoms. The van der Waals surface area contributed by atoms with Gasteiger partial charge in [-0.15, -0.1) is 0 Å². The molecule has 2 N–H and O–H groups in total. The molecule has 1 aromatic carbocycles. The van der Waals surface area contributed by atoms with E-state index in [0.29, 0.717) is 18.9 Å². The molecule has 0 saturated carbocycles. The Bertz CT molecular complexity index is 725. The van der Waals surface area contributed by atoms with Gasteiger partial charge in [0.15, 0.2) is 0 Å². The summed E-state index contributed by atoms with van der Waals surface area (Å²) in [6, 6.07) is 12.0. The Kier molecular flexibility index (Phi) is 4.79. The highest BCUT2D eigenvalue weighted by Gasteiger charge is 2.19. The minimum Gasteiger partial charge on any atom is -0.394 e. The molecule has 2 aromatic rings. The van der Waals surface area contributed by atoms with Gasteiger partial charge in [-0.1, -0.05) is 30.3 Å². The lowest BCUT2D eigenvalue weighted by Crippen LogP contribution is -2.37. The number of pyridine rings is 1. The van der Waals surface area contributed by atoms with E-state index < -0.39 is 0 Å². The van der Waals surface area contributed by atoms with Gasteiger partial charge in [-0.25, -0.2) is 0 Å². The zero-order valence-corrected chi connectivity index (χ0v) is 13.5. The van der Waals surface area contributed by atoms with Crippen LogP contribution in [0.2, 0.25) is 0 Å². The van der Waals surface area contributed by atoms with E-state index in [1.165, 1.54) is 5.56 Å². The Morgan fingerprint density at radius 2 is 2.04 bits per heavy atom. The second kappa shape index (κ2) is 6.98. The minimum atomic E-state index is -0.0941. The van der Waals surface area contributed by atoms with E-state index in [1.54, 1.807) is 11.6 Å². The third kappa shape index (κ3) is 3.63. The monoisotopic (exact) mass is 313 g/mol. The summed E-state index contributed by atoms with van der Waals surface area (Å²) in [6.07, 6.45) is 0.875. The highest BCUT2D eigenvalue weighted by molar-refractivity contribution is 5.41. The molecule has 0 radical (unpaired) electrons. The predicted octanol–water partition coefficient (Wildman–Crippen LogP) is 1.54. The standard InChI is InChI=1S/C18H23N3O2/c1-20-17-7-8-21(12-15(17)11-16(19)18(20)22)9-10-23-13-14-5-3-2-4-6-14/h2-6,11H,7-10,12-13,19H2,1H3. The first kappa shape index (κ1) is 15.8. The van der Waals surface area contributed by atoms with E-state index in [9.17, 15) is 4.79 Å². The van der Waals surface area contributed by atoms with E-state index in [4.69, 9.17) is 10.5 Å². The van der Waals surface area contributed by atoms with E-state index in [1.807, 2.05) is 24.3 Å². The Morgan fingerprint density at radius 3 is 2.83 bits per heavy atom. The number of anilines is 1. The maximum Gasteiger partial charge on any atom is 0.273 e. The molecule has 5 heteroatoms. The summed E-state index contributed by atoms with van der Waals surface area (Å²) in [5.41, 5.74) is 9.48. The molecule has 0 amide bonds. The number of hydrogen-bond donors (Lipinski definition) is 1. The molecule has 0 saturated heterocycles. The van der Waals surface area contributed by atoms with Crippen molar-refractivity contribution in [1.29, 1.82) is 0 Å². The Hall–Kier alpha value is -2.11. The van der Waals surface area contributed by atoms with Gasteiger partial charge in [0, 0.05) is 38.8 Å². The first-order valence-electron chi connectivity index (χ1n) is 7.96. The Morgan fingerprint density at radius 1 is 1.26 bits per heavy atom. The summed E-state index contributed by atoms with van der Waals surface area (Å²) in [6.45, 7) is 3.99. The van der Waals surface area contributed by atoms with Gasteiger partial charge in [-0.3, -0.25) is 9.69 Å². The van der Waals surface area contributed by atoms with Crippen LogP contribution in [-0.2, 0) is 31.4 Å². The molecule has 0 fully saturated rings. The highest BCUT2D eigenvalue weighted by atomic mass is 16.5. The van der Waals surface area contributed by atoms with Crippen LogP contribution in [0.3, 0.4) is 0 Å². The average molecular weight is 313 g/mol. The van der Waals surface area contributed by atoms with Crippen LogP contribution in [-0.4, -0.2) is 29.2 Å². The fraction of sp³-hybridized carbons (Fsp3) is 0.389. The van der Waals surface area contributed by atoms with Crippen molar-refractivity contribution in [2.75, 3.05) is 25.4 Å². The number of benzene rings is 1. The molecule has 0 aliphatic carbocycles. The summed E-state index contributed by atoms with van der Waals surface area (Å²) in [7, 11) is 1.80. The summed E-state index contributed by atoms with van der Waals surface area (Å²) in [5, 5.41) is 0. The number of nitrogens with zero attached hydrogens (tertiary/aromatic N) is 2. The van der Waals surface area contributed by atoms with Crippen LogP contribution in [0, 0.1) is 0 Å². The summed E-state index contributed by atoms with van der Waals surface area (Å²) in [4.78, 5) is 14.2. The van der Waals surface area contributed by atoms with Crippen LogP contribution < -0.4 is 11.3 Å². The number of nitrogen functional groups attached to an aromatic ring is 1. The molecule has 3 rings (SSSR count). The van der Waals surface area contributed by atoms with Crippen LogP contribution in [0.1, 0.15) is 16.8 Å². The van der Waals surface area contributed by atoms with Crippen LogP contribution >= 0.6 is 0 Å². The maximum absolute atomic E-state index is 11.9. The maximum atomic E-state index is 11.9. The number of ether oxygens (including phenoxy) is 1. The molecule has 2 heterocycles. The number of aromatic nitrogens is 1. The molecule has 1 aliphatic rings. The van der Waals surface area contributed by atoms with Crippen molar-refractivity contribution in [3.63, 3.8) is 0 Å². The van der Waals surface area contributed by atoms with Gasteiger partial charge < -0.3 is 15.0 Å². The van der Waals surface area contributed by atoms with Gasteiger partial charge in [0.05, 0.1) is 18.9 Å². The SMILES string of the molecule is Cn1c2c(cc(N)c1=O)CN(CCOCc1ccccc1)CC2. The second-order valence-corrected chi connectivity index (χ2v) is 6.00. The topological polar surface area (TPSA) is 60.5 Å². The zero-order chi connectivity index (χ0) is 16.2. The minimum absolute atomic E-state index is 0.0941. The normalized spacial score (nSPS) is 14.7. The van der Waals surface area contributed by atoms with Crippen LogP contribution in [0.25, 0.3) is 0 Å². The van der Waals surface area contributed by atoms with Crippen molar-refractivity contribution >= 4 is 5.69 Å². The van der Waals surface area contributed by atoms with Crippen LogP contribution in [0.5, 0.6) is 0 Å². The van der Waals surface area contributed by atoms with Gasteiger partial charge >= 0.3 is 0 Å². The molecule has 0 spiro atoms. The zero-order valence-electron chi connectivity index (χ0n) is 13.5. The molecular weight excluding hydrogens is 290 g/mol. The lowest BCUT2D eigenvalue weighted by atomic mass is 10.0. The molecule has 1 aromatic heterocycles. The van der Waals surface area contributed by atoms with E-state index in [2.05, 4.69) is 17.0 Å². The first-order chi connectivity index (χ1) is 11.1. The molecule has 1 aliphatic heterocycles. The van der Waals surface area contributed by atoms with Gasteiger partial charge in [0.25, 0.3) is 5.56 Å². The fourth-order valence-electron chi connectivity index (χ4n) is 3.06. The number of nitrogens with two attached hydrogens (primary N) is 1. The molecular formula is C18H23N3O2. The molecule has 5 nitrogen and oxygen atoms in total. The highest BCUT2D eigenvalue weighted by Crippen LogP contribution is 2.18. The van der Waals surface area contributed by atoms with Crippen LogP contribution in [0.4, 0.5) is 5.69 Å². The Balaban J connectivity index is 1.53. The predicted molar refractivity (Wildman–Crippen MR) is 91.2 cm³/mol. The van der Waals surface area contributed by atoms with Crippen molar-refractivity contribution in [3.8, 4) is 0 Å². The lowest BCUT2D eigenvalue weighted by Gasteiger charge is -2.29. The summed E-state index contributed by atoms with van der Waals surface area (Å²) >= 11 is 0. The van der Waals surface area contributed by atoms with Crippen LogP contribution in [0.15, 0.2) is 41.2 Å². The van der Waals surface area contributed by atoms with Crippen molar-refractivity contribution in [2.45, 2.75) is 19.6 Å². The summed E-state index contributed by atoms with van der Waals surface area (Å²) in [5.74, 6) is 0. The first-order valence-corrected chi connectivity index (χ1v) is 7.96. The molecule has 0 atom stereocenters. The van der Waals surface area contributed by atoms with Gasteiger partial charge in [0.2, 0.25) is 0 Å².